The van der Waals surface area contributed by atoms with E-state index in [1.807, 2.05) is 48.0 Å². The normalized spacial score (nSPS) is 13.5. The van der Waals surface area contributed by atoms with Crippen molar-refractivity contribution >= 4 is 33.7 Å². The number of hydrogen-bond donors (Lipinski definition) is 3. The van der Waals surface area contributed by atoms with Crippen LogP contribution in [0.4, 0.5) is 5.69 Å². The van der Waals surface area contributed by atoms with E-state index in [1.165, 1.54) is 0 Å². The molecule has 10 nitrogen and oxygen atoms in total. The Morgan fingerprint density at radius 3 is 2.83 bits per heavy atom. The first-order chi connectivity index (χ1) is 17.6. The molecular formula is C26H21N9O. The molecular weight excluding hydrogens is 454 g/mol. The third-order valence-electron chi connectivity index (χ3n) is 6.41. The molecule has 1 amide bonds. The topological polar surface area (TPSA) is 130 Å². The zero-order valence-corrected chi connectivity index (χ0v) is 19.4. The fourth-order valence-corrected chi connectivity index (χ4v) is 4.39. The molecule has 1 aromatic carbocycles. The number of nitrogens with one attached hydrogen (secondary N) is 3. The van der Waals surface area contributed by atoms with Crippen LogP contribution in [0, 0.1) is 12.8 Å². The third-order valence-corrected chi connectivity index (χ3v) is 6.41. The minimum atomic E-state index is 0.0507. The summed E-state index contributed by atoms with van der Waals surface area (Å²) in [7, 11) is 0. The Morgan fingerprint density at radius 1 is 1.11 bits per heavy atom. The molecule has 0 saturated heterocycles. The van der Waals surface area contributed by atoms with E-state index >= 15 is 0 Å². The molecule has 1 aliphatic rings. The molecule has 176 valence electrons. The molecule has 1 fully saturated rings. The van der Waals surface area contributed by atoms with Crippen LogP contribution >= 0.6 is 0 Å². The average Bonchev–Trinajstić information content (AvgIpc) is 3.30. The van der Waals surface area contributed by atoms with Crippen LogP contribution in [0.15, 0.2) is 61.4 Å². The Balaban J connectivity index is 1.28. The van der Waals surface area contributed by atoms with E-state index < -0.39 is 0 Å². The number of H-pyrrole nitrogens is 2. The van der Waals surface area contributed by atoms with Gasteiger partial charge in [-0.05, 0) is 44.0 Å². The van der Waals surface area contributed by atoms with Gasteiger partial charge in [-0.2, -0.15) is 5.10 Å². The second-order valence-corrected chi connectivity index (χ2v) is 9.10. The van der Waals surface area contributed by atoms with Crippen LogP contribution in [-0.2, 0) is 4.79 Å². The number of fused-ring (bicyclic) bond motifs is 2. The van der Waals surface area contributed by atoms with Gasteiger partial charge in [0.25, 0.3) is 0 Å². The highest BCUT2D eigenvalue weighted by Gasteiger charge is 2.29. The minimum absolute atomic E-state index is 0.0507. The van der Waals surface area contributed by atoms with Crippen molar-refractivity contribution in [1.29, 1.82) is 0 Å². The summed E-state index contributed by atoms with van der Waals surface area (Å²) in [6.07, 6.45) is 10.8. The van der Waals surface area contributed by atoms with E-state index in [2.05, 4.69) is 35.5 Å². The number of carbonyl (C=O) groups is 1. The maximum absolute atomic E-state index is 12.2. The SMILES string of the molecule is Cc1cn(-c2cccc3[nH]c(-c4[nH]nc5ncc(-c6cncc(NC(=O)C7CC7)c6)cc45)nc23)cn1. The fourth-order valence-electron chi connectivity index (χ4n) is 4.39. The molecule has 1 aliphatic carbocycles. The average molecular weight is 476 g/mol. The zero-order valence-electron chi connectivity index (χ0n) is 19.4. The number of aromatic nitrogens is 8. The highest BCUT2D eigenvalue weighted by Crippen LogP contribution is 2.32. The number of benzene rings is 1. The molecule has 0 spiro atoms. The molecule has 0 unspecified atom stereocenters. The van der Waals surface area contributed by atoms with Gasteiger partial charge >= 0.3 is 0 Å². The van der Waals surface area contributed by atoms with Gasteiger partial charge in [0.15, 0.2) is 11.5 Å². The summed E-state index contributed by atoms with van der Waals surface area (Å²) in [4.78, 5) is 33.7. The molecule has 10 heteroatoms. The third kappa shape index (κ3) is 3.50. The molecule has 5 aromatic heterocycles. The predicted molar refractivity (Wildman–Crippen MR) is 135 cm³/mol. The highest BCUT2D eigenvalue weighted by molar-refractivity contribution is 5.96. The predicted octanol–water partition coefficient (Wildman–Crippen LogP) is 4.41. The highest BCUT2D eigenvalue weighted by atomic mass is 16.2. The second-order valence-electron chi connectivity index (χ2n) is 9.10. The lowest BCUT2D eigenvalue weighted by Gasteiger charge is -2.06. The summed E-state index contributed by atoms with van der Waals surface area (Å²) < 4.78 is 1.97. The summed E-state index contributed by atoms with van der Waals surface area (Å²) in [5, 5.41) is 11.3. The number of aromatic amines is 2. The number of para-hydroxylation sites is 1. The molecule has 0 atom stereocenters. The van der Waals surface area contributed by atoms with Crippen molar-refractivity contribution in [2.75, 3.05) is 5.32 Å². The van der Waals surface area contributed by atoms with Gasteiger partial charge in [-0.15, -0.1) is 0 Å². The van der Waals surface area contributed by atoms with Crippen LogP contribution in [0.5, 0.6) is 0 Å². The fraction of sp³-hybridized carbons (Fsp3) is 0.154. The summed E-state index contributed by atoms with van der Waals surface area (Å²) in [5.41, 5.74) is 7.35. The number of rotatable bonds is 5. The van der Waals surface area contributed by atoms with Crippen LogP contribution in [0.2, 0.25) is 0 Å². The maximum Gasteiger partial charge on any atom is 0.227 e. The first kappa shape index (κ1) is 20.5. The van der Waals surface area contributed by atoms with Crippen LogP contribution in [0.25, 0.3) is 50.4 Å². The molecule has 0 aliphatic heterocycles. The summed E-state index contributed by atoms with van der Waals surface area (Å²) >= 11 is 0. The van der Waals surface area contributed by atoms with Crippen LogP contribution in [-0.4, -0.2) is 45.6 Å². The minimum Gasteiger partial charge on any atom is -0.337 e. The van der Waals surface area contributed by atoms with E-state index in [4.69, 9.17) is 4.98 Å². The largest absolute Gasteiger partial charge is 0.337 e. The molecule has 5 heterocycles. The van der Waals surface area contributed by atoms with Gasteiger partial charge < -0.3 is 14.9 Å². The smallest absolute Gasteiger partial charge is 0.227 e. The Morgan fingerprint density at radius 2 is 2.00 bits per heavy atom. The van der Waals surface area contributed by atoms with Gasteiger partial charge in [-0.25, -0.2) is 15.0 Å². The van der Waals surface area contributed by atoms with Crippen LogP contribution in [0.1, 0.15) is 18.5 Å². The number of nitrogens with zero attached hydrogens (tertiary/aromatic N) is 6. The number of hydrogen-bond acceptors (Lipinski definition) is 6. The molecule has 7 rings (SSSR count). The molecule has 3 N–H and O–H groups in total. The van der Waals surface area contributed by atoms with Gasteiger partial charge in [-0.1, -0.05) is 6.07 Å². The van der Waals surface area contributed by atoms with E-state index in [-0.39, 0.29) is 11.8 Å². The molecule has 0 radical (unpaired) electrons. The standard InChI is InChI=1S/C26H21N9O/c1-14-12-35(13-29-14)21-4-2-3-20-23(21)32-25(31-20)22-19-8-17(10-28-24(19)34-33-22)16-7-18(11-27-9-16)30-26(36)15-5-6-15/h2-4,7-13,15H,5-6H2,1H3,(H,30,36)(H,31,32)(H,28,33,34). The van der Waals surface area contributed by atoms with Crippen molar-refractivity contribution in [3.63, 3.8) is 0 Å². The van der Waals surface area contributed by atoms with Gasteiger partial charge in [-0.3, -0.25) is 14.9 Å². The van der Waals surface area contributed by atoms with E-state index in [1.54, 1.807) is 24.9 Å². The Labute approximate surface area is 204 Å². The number of imidazole rings is 2. The number of aryl methyl sites for hydroxylation is 1. The zero-order chi connectivity index (χ0) is 24.2. The van der Waals surface area contributed by atoms with Gasteiger partial charge in [0, 0.05) is 35.6 Å². The number of pyridine rings is 2. The Kier molecular flexibility index (Phi) is 4.47. The summed E-state index contributed by atoms with van der Waals surface area (Å²) in [6, 6.07) is 9.92. The second kappa shape index (κ2) is 7.84. The summed E-state index contributed by atoms with van der Waals surface area (Å²) in [6.45, 7) is 1.96. The van der Waals surface area contributed by atoms with Gasteiger partial charge in [0.2, 0.25) is 5.91 Å². The number of amides is 1. The van der Waals surface area contributed by atoms with Crippen LogP contribution < -0.4 is 5.32 Å². The molecule has 0 bridgehead atoms. The maximum atomic E-state index is 12.2. The van der Waals surface area contributed by atoms with Crippen molar-refractivity contribution < 1.29 is 4.79 Å². The summed E-state index contributed by atoms with van der Waals surface area (Å²) in [5.74, 6) is 0.844. The lowest BCUT2D eigenvalue weighted by Crippen LogP contribution is -2.13. The molecule has 1 saturated carbocycles. The molecule has 36 heavy (non-hydrogen) atoms. The quantitative estimate of drug-likeness (QED) is 0.339. The van der Waals surface area contributed by atoms with E-state index in [9.17, 15) is 4.79 Å². The first-order valence-corrected chi connectivity index (χ1v) is 11.7. The number of carbonyl (C=O) groups excluding carboxylic acids is 1. The van der Waals surface area contributed by atoms with Gasteiger partial charge in [0.1, 0.15) is 11.2 Å². The Bertz CT molecular complexity index is 1770. The number of anilines is 1. The van der Waals surface area contributed by atoms with Gasteiger partial charge in [0.05, 0.1) is 40.5 Å². The Hall–Kier alpha value is -4.86. The molecule has 6 aromatic rings. The van der Waals surface area contributed by atoms with E-state index in [0.717, 1.165) is 57.5 Å². The monoisotopic (exact) mass is 475 g/mol. The lowest BCUT2D eigenvalue weighted by molar-refractivity contribution is -0.117. The van der Waals surface area contributed by atoms with Crippen molar-refractivity contribution in [3.8, 4) is 28.3 Å². The lowest BCUT2D eigenvalue weighted by atomic mass is 10.1. The van der Waals surface area contributed by atoms with Crippen molar-refractivity contribution in [2.24, 2.45) is 5.92 Å². The van der Waals surface area contributed by atoms with Crippen molar-refractivity contribution in [1.82, 2.24) is 39.7 Å². The van der Waals surface area contributed by atoms with Crippen molar-refractivity contribution in [2.45, 2.75) is 19.8 Å². The first-order valence-electron chi connectivity index (χ1n) is 11.7. The van der Waals surface area contributed by atoms with Crippen molar-refractivity contribution in [3.05, 3.63) is 67.1 Å². The van der Waals surface area contributed by atoms with E-state index in [0.29, 0.717) is 17.2 Å². The van der Waals surface area contributed by atoms with Crippen LogP contribution in [0.3, 0.4) is 0 Å².